The van der Waals surface area contributed by atoms with Gasteiger partial charge in [-0.2, -0.15) is 0 Å². The molecule has 0 radical (unpaired) electrons. The lowest BCUT2D eigenvalue weighted by Gasteiger charge is -2.22. The Morgan fingerprint density at radius 2 is 1.94 bits per heavy atom. The minimum Gasteiger partial charge on any atom is -0.372 e. The van der Waals surface area contributed by atoms with Crippen molar-refractivity contribution in [2.45, 2.75) is 27.7 Å². The van der Waals surface area contributed by atoms with Gasteiger partial charge < -0.3 is 10.2 Å². The smallest absolute Gasteiger partial charge is 0.270 e. The lowest BCUT2D eigenvalue weighted by atomic mass is 10.1. The van der Waals surface area contributed by atoms with Crippen molar-refractivity contribution in [1.82, 2.24) is 9.38 Å². The van der Waals surface area contributed by atoms with E-state index in [2.05, 4.69) is 35.1 Å². The van der Waals surface area contributed by atoms with Crippen molar-refractivity contribution >= 4 is 39.3 Å². The Bertz CT molecular complexity index is 1350. The molecule has 9 heteroatoms. The lowest BCUT2D eigenvalue weighted by molar-refractivity contribution is -0.384. The fourth-order valence-corrected chi connectivity index (χ4v) is 4.84. The van der Waals surface area contributed by atoms with Crippen LogP contribution in [0.2, 0.25) is 0 Å². The number of nitrogens with zero attached hydrogens (tertiary/aromatic N) is 4. The first-order chi connectivity index (χ1) is 15.8. The predicted molar refractivity (Wildman–Crippen MR) is 133 cm³/mol. The highest BCUT2D eigenvalue weighted by atomic mass is 32.1. The SMILES string of the molecule is CCN(CC)c1ccc(NC(=O)c2sc3nc(-c4cccc([N+](=O)[O-])c4)cn3c2C)c(C)c1. The van der Waals surface area contributed by atoms with Gasteiger partial charge in [0.2, 0.25) is 0 Å². The number of aryl methyl sites for hydroxylation is 2. The zero-order valence-electron chi connectivity index (χ0n) is 19.0. The van der Waals surface area contributed by atoms with Crippen LogP contribution in [0.5, 0.6) is 0 Å². The van der Waals surface area contributed by atoms with Crippen molar-refractivity contribution in [3.63, 3.8) is 0 Å². The van der Waals surface area contributed by atoms with E-state index in [0.29, 0.717) is 21.1 Å². The van der Waals surface area contributed by atoms with Gasteiger partial charge in [0, 0.05) is 54.1 Å². The number of non-ortho nitro benzene ring substituents is 1. The van der Waals surface area contributed by atoms with Crippen LogP contribution in [0.4, 0.5) is 17.1 Å². The molecule has 0 unspecified atom stereocenters. The molecule has 0 aliphatic heterocycles. The van der Waals surface area contributed by atoms with Crippen molar-refractivity contribution in [1.29, 1.82) is 0 Å². The normalized spacial score (nSPS) is 11.0. The van der Waals surface area contributed by atoms with Crippen LogP contribution in [0.1, 0.15) is 34.8 Å². The second-order valence-electron chi connectivity index (χ2n) is 7.73. The third-order valence-corrected chi connectivity index (χ3v) is 6.86. The van der Waals surface area contributed by atoms with E-state index in [4.69, 9.17) is 0 Å². The fraction of sp³-hybridized carbons (Fsp3) is 0.250. The van der Waals surface area contributed by atoms with Gasteiger partial charge in [-0.1, -0.05) is 23.5 Å². The number of carbonyl (C=O) groups is 1. The van der Waals surface area contributed by atoms with Crippen LogP contribution in [-0.4, -0.2) is 33.3 Å². The van der Waals surface area contributed by atoms with Gasteiger partial charge in [-0.3, -0.25) is 19.3 Å². The van der Waals surface area contributed by atoms with E-state index >= 15 is 0 Å². The quantitative estimate of drug-likeness (QED) is 0.281. The molecule has 8 nitrogen and oxygen atoms in total. The molecule has 0 bridgehead atoms. The number of carbonyl (C=O) groups excluding carboxylic acids is 1. The molecule has 0 aliphatic carbocycles. The van der Waals surface area contributed by atoms with E-state index in [9.17, 15) is 14.9 Å². The Morgan fingerprint density at radius 3 is 2.58 bits per heavy atom. The summed E-state index contributed by atoms with van der Waals surface area (Å²) in [6.07, 6.45) is 1.81. The first-order valence-electron chi connectivity index (χ1n) is 10.7. The van der Waals surface area contributed by atoms with Crippen molar-refractivity contribution in [2.24, 2.45) is 0 Å². The van der Waals surface area contributed by atoms with E-state index < -0.39 is 4.92 Å². The molecule has 2 aromatic heterocycles. The number of hydrogen-bond acceptors (Lipinski definition) is 6. The molecule has 4 rings (SSSR count). The number of fused-ring (bicyclic) bond motifs is 1. The number of imidazole rings is 1. The summed E-state index contributed by atoms with van der Waals surface area (Å²) in [7, 11) is 0. The molecule has 2 heterocycles. The monoisotopic (exact) mass is 463 g/mol. The number of amides is 1. The van der Waals surface area contributed by atoms with Gasteiger partial charge in [0.15, 0.2) is 4.96 Å². The van der Waals surface area contributed by atoms with Gasteiger partial charge >= 0.3 is 0 Å². The van der Waals surface area contributed by atoms with Crippen molar-refractivity contribution in [3.05, 3.63) is 74.9 Å². The van der Waals surface area contributed by atoms with Crippen molar-refractivity contribution < 1.29 is 9.72 Å². The van der Waals surface area contributed by atoms with Crippen molar-refractivity contribution in [2.75, 3.05) is 23.3 Å². The third kappa shape index (κ3) is 4.31. The molecule has 0 aliphatic rings. The number of rotatable bonds is 7. The molecule has 0 atom stereocenters. The first-order valence-corrected chi connectivity index (χ1v) is 11.5. The molecule has 0 saturated carbocycles. The summed E-state index contributed by atoms with van der Waals surface area (Å²) in [6.45, 7) is 9.95. The minimum absolute atomic E-state index is 0.0167. The summed E-state index contributed by atoms with van der Waals surface area (Å²) in [5, 5.41) is 14.1. The van der Waals surface area contributed by atoms with Crippen LogP contribution in [0.25, 0.3) is 16.2 Å². The highest BCUT2D eigenvalue weighted by Crippen LogP contribution is 2.30. The highest BCUT2D eigenvalue weighted by molar-refractivity contribution is 7.19. The molecule has 0 spiro atoms. The summed E-state index contributed by atoms with van der Waals surface area (Å²) in [5.41, 5.74) is 4.99. The van der Waals surface area contributed by atoms with Crippen LogP contribution in [-0.2, 0) is 0 Å². The molecule has 1 amide bonds. The Hall–Kier alpha value is -3.72. The Morgan fingerprint density at radius 1 is 1.18 bits per heavy atom. The molecular weight excluding hydrogens is 438 g/mol. The maximum absolute atomic E-state index is 13.0. The summed E-state index contributed by atoms with van der Waals surface area (Å²) >= 11 is 1.30. The van der Waals surface area contributed by atoms with Gasteiger partial charge in [-0.05, 0) is 51.5 Å². The number of nitro groups is 1. The average molecular weight is 464 g/mol. The summed E-state index contributed by atoms with van der Waals surface area (Å²) < 4.78 is 1.85. The molecular formula is C24H25N5O3S. The lowest BCUT2D eigenvalue weighted by Crippen LogP contribution is -2.22. The molecule has 33 heavy (non-hydrogen) atoms. The van der Waals surface area contributed by atoms with E-state index in [1.807, 2.05) is 30.4 Å². The van der Waals surface area contributed by atoms with Crippen molar-refractivity contribution in [3.8, 4) is 11.3 Å². The number of thiazole rings is 1. The topological polar surface area (TPSA) is 92.8 Å². The minimum atomic E-state index is -0.424. The van der Waals surface area contributed by atoms with E-state index in [-0.39, 0.29) is 11.6 Å². The second kappa shape index (κ2) is 9.03. The van der Waals surface area contributed by atoms with Crippen LogP contribution in [0, 0.1) is 24.0 Å². The van der Waals surface area contributed by atoms with E-state index in [1.165, 1.54) is 23.5 Å². The second-order valence-corrected chi connectivity index (χ2v) is 8.71. The zero-order chi connectivity index (χ0) is 23.7. The summed E-state index contributed by atoms with van der Waals surface area (Å²) in [6, 6.07) is 12.4. The Labute approximate surface area is 195 Å². The van der Waals surface area contributed by atoms with E-state index in [1.54, 1.807) is 18.3 Å². The summed E-state index contributed by atoms with van der Waals surface area (Å²) in [5.74, 6) is -0.182. The van der Waals surface area contributed by atoms with Crippen LogP contribution in [0.15, 0.2) is 48.7 Å². The number of aromatic nitrogens is 2. The molecule has 0 saturated heterocycles. The van der Waals surface area contributed by atoms with E-state index in [0.717, 1.165) is 35.7 Å². The average Bonchev–Trinajstić information content (AvgIpc) is 3.36. The van der Waals surface area contributed by atoms with Gasteiger partial charge in [0.1, 0.15) is 4.88 Å². The third-order valence-electron chi connectivity index (χ3n) is 5.70. The number of hydrogen-bond donors (Lipinski definition) is 1. The number of benzene rings is 2. The van der Waals surface area contributed by atoms with Crippen LogP contribution in [0.3, 0.4) is 0 Å². The maximum atomic E-state index is 13.0. The number of nitro benzene ring substituents is 1. The largest absolute Gasteiger partial charge is 0.372 e. The fourth-order valence-electron chi connectivity index (χ4n) is 3.83. The summed E-state index contributed by atoms with van der Waals surface area (Å²) in [4.78, 5) is 31.8. The van der Waals surface area contributed by atoms with Gasteiger partial charge in [0.05, 0.1) is 10.6 Å². The Kier molecular flexibility index (Phi) is 6.15. The zero-order valence-corrected chi connectivity index (χ0v) is 19.8. The van der Waals surface area contributed by atoms with Crippen LogP contribution < -0.4 is 10.2 Å². The number of anilines is 2. The standard InChI is InChI=1S/C24H25N5O3S/c1-5-27(6-2)18-10-11-20(15(3)12-18)25-23(30)22-16(4)28-14-21(26-24(28)33-22)17-8-7-9-19(13-17)29(31)32/h7-14H,5-6H2,1-4H3,(H,25,30). The van der Waals surface area contributed by atoms with Gasteiger partial charge in [-0.15, -0.1) is 0 Å². The molecule has 170 valence electrons. The van der Waals surface area contributed by atoms with Crippen LogP contribution >= 0.6 is 11.3 Å². The Balaban J connectivity index is 1.59. The first kappa shape index (κ1) is 22.5. The molecule has 2 aromatic carbocycles. The number of nitrogens with one attached hydrogen (secondary N) is 1. The maximum Gasteiger partial charge on any atom is 0.270 e. The highest BCUT2D eigenvalue weighted by Gasteiger charge is 2.19. The molecule has 4 aromatic rings. The van der Waals surface area contributed by atoms with Gasteiger partial charge in [-0.25, -0.2) is 4.98 Å². The molecule has 1 N–H and O–H groups in total. The molecule has 0 fully saturated rings. The van der Waals surface area contributed by atoms with Gasteiger partial charge in [0.25, 0.3) is 11.6 Å². The predicted octanol–water partition coefficient (Wildman–Crippen LogP) is 5.69.